The number of carbonyl (C=O) groups is 1. The summed E-state index contributed by atoms with van der Waals surface area (Å²) in [5, 5.41) is 3.09. The second-order valence-corrected chi connectivity index (χ2v) is 5.58. The van der Waals surface area contributed by atoms with Crippen LogP contribution in [-0.2, 0) is 6.42 Å². The van der Waals surface area contributed by atoms with Crippen molar-refractivity contribution in [3.05, 3.63) is 47.4 Å². The average Bonchev–Trinajstić information content (AvgIpc) is 3.04. The highest BCUT2D eigenvalue weighted by Gasteiger charge is 2.25. The van der Waals surface area contributed by atoms with Crippen LogP contribution >= 0.6 is 0 Å². The number of amides is 1. The van der Waals surface area contributed by atoms with Crippen molar-refractivity contribution in [2.75, 3.05) is 13.2 Å². The molecule has 0 bridgehead atoms. The van der Waals surface area contributed by atoms with Gasteiger partial charge in [0.25, 0.3) is 5.91 Å². The maximum atomic E-state index is 12.5. The smallest absolute Gasteiger partial charge is 0.251 e. The molecule has 1 aromatic heterocycles. The lowest BCUT2D eigenvalue weighted by molar-refractivity contribution is 0.0931. The molecule has 1 aromatic carbocycles. The Kier molecular flexibility index (Phi) is 3.25. The lowest BCUT2D eigenvalue weighted by atomic mass is 9.93. The van der Waals surface area contributed by atoms with Gasteiger partial charge < -0.3 is 19.2 Å². The minimum atomic E-state index is -0.101. The van der Waals surface area contributed by atoms with Crippen molar-refractivity contribution in [3.63, 3.8) is 0 Å². The van der Waals surface area contributed by atoms with Crippen molar-refractivity contribution in [2.24, 2.45) is 0 Å². The van der Waals surface area contributed by atoms with Crippen LogP contribution in [-0.4, -0.2) is 19.1 Å². The van der Waals surface area contributed by atoms with E-state index in [0.717, 1.165) is 30.6 Å². The van der Waals surface area contributed by atoms with E-state index in [1.165, 1.54) is 0 Å². The molecular formula is C17H17NO4. The Labute approximate surface area is 128 Å². The Hall–Kier alpha value is -2.43. The second-order valence-electron chi connectivity index (χ2n) is 5.58. The molecule has 2 aromatic rings. The van der Waals surface area contributed by atoms with Gasteiger partial charge in [0, 0.05) is 17.5 Å². The summed E-state index contributed by atoms with van der Waals surface area (Å²) in [6.45, 7) is 1.06. The number of ether oxygens (including phenoxy) is 2. The van der Waals surface area contributed by atoms with Gasteiger partial charge in [0.1, 0.15) is 19.0 Å². The van der Waals surface area contributed by atoms with Gasteiger partial charge in [-0.2, -0.15) is 0 Å². The summed E-state index contributed by atoms with van der Waals surface area (Å²) in [5.41, 5.74) is 1.68. The molecule has 0 saturated heterocycles. The van der Waals surface area contributed by atoms with Crippen LogP contribution < -0.4 is 14.8 Å². The number of nitrogens with one attached hydrogen (secondary N) is 1. The molecule has 2 heterocycles. The van der Waals surface area contributed by atoms with Crippen LogP contribution in [0, 0.1) is 0 Å². The molecule has 4 rings (SSSR count). The van der Waals surface area contributed by atoms with Crippen molar-refractivity contribution in [1.29, 1.82) is 0 Å². The summed E-state index contributed by atoms with van der Waals surface area (Å²) in [6.07, 6.45) is 4.59. The number of hydrogen-bond acceptors (Lipinski definition) is 4. The molecule has 0 spiro atoms. The highest BCUT2D eigenvalue weighted by molar-refractivity contribution is 5.95. The van der Waals surface area contributed by atoms with Crippen LogP contribution in [0.5, 0.6) is 11.5 Å². The standard InChI is InChI=1S/C17H17NO4/c19-17(11-4-5-15-16(10-11)22-9-8-21-15)18-13-2-1-3-14-12(13)6-7-20-14/h4-7,10,13H,1-3,8-9H2,(H,18,19). The minimum Gasteiger partial charge on any atom is -0.486 e. The highest BCUT2D eigenvalue weighted by Crippen LogP contribution is 2.33. The molecule has 1 aliphatic heterocycles. The quantitative estimate of drug-likeness (QED) is 0.926. The third-order valence-corrected chi connectivity index (χ3v) is 4.16. The summed E-state index contributed by atoms with van der Waals surface area (Å²) >= 11 is 0. The fourth-order valence-corrected chi connectivity index (χ4v) is 3.06. The lowest BCUT2D eigenvalue weighted by Gasteiger charge is -2.23. The van der Waals surface area contributed by atoms with Crippen molar-refractivity contribution in [1.82, 2.24) is 5.32 Å². The third-order valence-electron chi connectivity index (χ3n) is 4.16. The van der Waals surface area contributed by atoms with Gasteiger partial charge in [-0.1, -0.05) is 0 Å². The molecule has 1 unspecified atom stereocenters. The van der Waals surface area contributed by atoms with Crippen LogP contribution in [0.25, 0.3) is 0 Å². The van der Waals surface area contributed by atoms with Crippen molar-refractivity contribution in [3.8, 4) is 11.5 Å². The van der Waals surface area contributed by atoms with Gasteiger partial charge in [-0.3, -0.25) is 4.79 Å². The maximum absolute atomic E-state index is 12.5. The molecule has 1 atom stereocenters. The monoisotopic (exact) mass is 299 g/mol. The number of rotatable bonds is 2. The lowest BCUT2D eigenvalue weighted by Crippen LogP contribution is -2.30. The first kappa shape index (κ1) is 13.2. The van der Waals surface area contributed by atoms with E-state index in [2.05, 4.69) is 5.32 Å². The summed E-state index contributed by atoms with van der Waals surface area (Å²) in [6, 6.07) is 7.25. The van der Waals surface area contributed by atoms with Gasteiger partial charge in [-0.15, -0.1) is 0 Å². The first-order chi connectivity index (χ1) is 10.8. The van der Waals surface area contributed by atoms with E-state index in [1.54, 1.807) is 24.5 Å². The van der Waals surface area contributed by atoms with Crippen molar-refractivity contribution in [2.45, 2.75) is 25.3 Å². The van der Waals surface area contributed by atoms with Crippen LogP contribution in [0.4, 0.5) is 0 Å². The zero-order valence-corrected chi connectivity index (χ0v) is 12.1. The average molecular weight is 299 g/mol. The molecule has 1 aliphatic carbocycles. The predicted molar refractivity (Wildman–Crippen MR) is 79.3 cm³/mol. The number of benzene rings is 1. The Morgan fingerprint density at radius 2 is 2.00 bits per heavy atom. The third kappa shape index (κ3) is 2.32. The maximum Gasteiger partial charge on any atom is 0.251 e. The second kappa shape index (κ2) is 5.40. The van der Waals surface area contributed by atoms with Gasteiger partial charge >= 0.3 is 0 Å². The molecule has 5 heteroatoms. The predicted octanol–water partition coefficient (Wildman–Crippen LogP) is 2.86. The van der Waals surface area contributed by atoms with E-state index in [0.29, 0.717) is 30.3 Å². The number of aryl methyl sites for hydroxylation is 1. The zero-order chi connectivity index (χ0) is 14.9. The van der Waals surface area contributed by atoms with Crippen LogP contribution in [0.2, 0.25) is 0 Å². The first-order valence-electron chi connectivity index (χ1n) is 7.58. The summed E-state index contributed by atoms with van der Waals surface area (Å²) < 4.78 is 16.5. The fourth-order valence-electron chi connectivity index (χ4n) is 3.06. The number of carbonyl (C=O) groups excluding carboxylic acids is 1. The van der Waals surface area contributed by atoms with Crippen LogP contribution in [0.1, 0.15) is 40.6 Å². The Morgan fingerprint density at radius 3 is 2.91 bits per heavy atom. The summed E-state index contributed by atoms with van der Waals surface area (Å²) in [7, 11) is 0. The van der Waals surface area contributed by atoms with E-state index in [-0.39, 0.29) is 11.9 Å². The van der Waals surface area contributed by atoms with Gasteiger partial charge in [0.05, 0.1) is 12.3 Å². The van der Waals surface area contributed by atoms with Gasteiger partial charge in [-0.25, -0.2) is 0 Å². The fraction of sp³-hybridized carbons (Fsp3) is 0.353. The molecule has 1 amide bonds. The molecule has 0 radical (unpaired) electrons. The minimum absolute atomic E-state index is 0.0169. The normalized spacial score (nSPS) is 19.4. The van der Waals surface area contributed by atoms with Crippen LogP contribution in [0.15, 0.2) is 34.9 Å². The van der Waals surface area contributed by atoms with Gasteiger partial charge in [0.2, 0.25) is 0 Å². The van der Waals surface area contributed by atoms with E-state index in [1.807, 2.05) is 6.07 Å². The molecular weight excluding hydrogens is 282 g/mol. The molecule has 5 nitrogen and oxygen atoms in total. The Balaban J connectivity index is 1.54. The van der Waals surface area contributed by atoms with E-state index in [4.69, 9.17) is 13.9 Å². The van der Waals surface area contributed by atoms with E-state index < -0.39 is 0 Å². The Morgan fingerprint density at radius 1 is 1.14 bits per heavy atom. The van der Waals surface area contributed by atoms with Crippen LogP contribution in [0.3, 0.4) is 0 Å². The highest BCUT2D eigenvalue weighted by atomic mass is 16.6. The van der Waals surface area contributed by atoms with Crippen molar-refractivity contribution >= 4 is 5.91 Å². The Bertz CT molecular complexity index is 706. The first-order valence-corrected chi connectivity index (χ1v) is 7.58. The van der Waals surface area contributed by atoms with Gasteiger partial charge in [0.15, 0.2) is 11.5 Å². The van der Waals surface area contributed by atoms with E-state index >= 15 is 0 Å². The van der Waals surface area contributed by atoms with E-state index in [9.17, 15) is 4.79 Å². The summed E-state index contributed by atoms with van der Waals surface area (Å²) in [5.74, 6) is 2.21. The number of furan rings is 1. The summed E-state index contributed by atoms with van der Waals surface area (Å²) in [4.78, 5) is 12.5. The molecule has 22 heavy (non-hydrogen) atoms. The molecule has 114 valence electrons. The largest absolute Gasteiger partial charge is 0.486 e. The van der Waals surface area contributed by atoms with Crippen molar-refractivity contribution < 1.29 is 18.7 Å². The SMILES string of the molecule is O=C(NC1CCCc2occc21)c1ccc2c(c1)OCCO2. The number of hydrogen-bond donors (Lipinski definition) is 1. The molecule has 1 N–H and O–H groups in total. The molecule has 0 fully saturated rings. The molecule has 2 aliphatic rings. The molecule has 0 saturated carbocycles. The topological polar surface area (TPSA) is 60.7 Å². The van der Waals surface area contributed by atoms with Gasteiger partial charge in [-0.05, 0) is 37.1 Å². The number of fused-ring (bicyclic) bond motifs is 2. The zero-order valence-electron chi connectivity index (χ0n) is 12.1.